The van der Waals surface area contributed by atoms with E-state index in [1.807, 2.05) is 63.0 Å². The molecule has 3 rings (SSSR count). The summed E-state index contributed by atoms with van der Waals surface area (Å²) in [5.74, 6) is 1.61. The van der Waals surface area contributed by atoms with Gasteiger partial charge in [-0.25, -0.2) is 0 Å². The van der Waals surface area contributed by atoms with Crippen LogP contribution in [0.15, 0.2) is 39.9 Å². The first-order valence-electron chi connectivity index (χ1n) is 8.23. The summed E-state index contributed by atoms with van der Waals surface area (Å²) in [6, 6.07) is 9.43. The molecule has 0 unspecified atom stereocenters. The first-order valence-corrected chi connectivity index (χ1v) is 8.23. The van der Waals surface area contributed by atoms with Crippen molar-refractivity contribution in [1.82, 2.24) is 5.32 Å². The van der Waals surface area contributed by atoms with Gasteiger partial charge in [0.05, 0.1) is 11.7 Å². The van der Waals surface area contributed by atoms with E-state index in [9.17, 15) is 4.79 Å². The molecule has 5 heteroatoms. The molecule has 24 heavy (non-hydrogen) atoms. The van der Waals surface area contributed by atoms with Crippen LogP contribution in [-0.2, 0) is 0 Å². The molecule has 126 valence electrons. The van der Waals surface area contributed by atoms with Crippen LogP contribution in [0.1, 0.15) is 53.8 Å². The Kier molecular flexibility index (Phi) is 4.42. The summed E-state index contributed by atoms with van der Waals surface area (Å²) in [5.41, 5.74) is 3.80. The number of nitrogens with one attached hydrogen (secondary N) is 1. The predicted molar refractivity (Wildman–Crippen MR) is 95.6 cm³/mol. The van der Waals surface area contributed by atoms with Crippen molar-refractivity contribution >= 4 is 17.3 Å². The van der Waals surface area contributed by atoms with Crippen molar-refractivity contribution in [3.8, 4) is 0 Å². The molecular weight excluding hydrogens is 302 g/mol. The third kappa shape index (κ3) is 3.35. The number of anilines is 1. The summed E-state index contributed by atoms with van der Waals surface area (Å²) in [6.45, 7) is 8.71. The summed E-state index contributed by atoms with van der Waals surface area (Å²) in [6.07, 6.45) is 0.989. The molecule has 0 spiro atoms. The average molecular weight is 325 g/mol. The normalized spacial score (nSPS) is 15.3. The fourth-order valence-electron chi connectivity index (χ4n) is 2.98. The Morgan fingerprint density at radius 2 is 1.96 bits per heavy atom. The molecule has 1 N–H and O–H groups in total. The number of benzene rings is 1. The molecule has 1 atom stereocenters. The Bertz CT molecular complexity index is 774. The maximum Gasteiger partial charge on any atom is 0.251 e. The molecule has 2 aromatic rings. The summed E-state index contributed by atoms with van der Waals surface area (Å²) in [4.78, 5) is 12.4. The highest BCUT2D eigenvalue weighted by Gasteiger charge is 2.17. The topological polar surface area (TPSA) is 57.8 Å². The first kappa shape index (κ1) is 16.3. The van der Waals surface area contributed by atoms with Crippen LogP contribution in [0.4, 0.5) is 5.69 Å². The lowest BCUT2D eigenvalue weighted by Crippen LogP contribution is -2.26. The fraction of sp³-hybridized carbons (Fsp3) is 0.368. The lowest BCUT2D eigenvalue weighted by Gasteiger charge is -2.15. The monoisotopic (exact) mass is 325 g/mol. The van der Waals surface area contributed by atoms with Crippen LogP contribution in [0, 0.1) is 13.8 Å². The molecular formula is C19H23N3O2. The number of hydrazone groups is 1. The van der Waals surface area contributed by atoms with Gasteiger partial charge in [-0.1, -0.05) is 0 Å². The molecule has 1 aliphatic heterocycles. The van der Waals surface area contributed by atoms with Crippen molar-refractivity contribution in [3.05, 3.63) is 53.0 Å². The second-order valence-electron chi connectivity index (χ2n) is 6.32. The molecule has 1 amide bonds. The quantitative estimate of drug-likeness (QED) is 0.925. The van der Waals surface area contributed by atoms with Crippen LogP contribution in [0.3, 0.4) is 0 Å². The number of hydrogen-bond donors (Lipinski definition) is 1. The lowest BCUT2D eigenvalue weighted by molar-refractivity contribution is 0.0939. The Hall–Kier alpha value is -2.56. The third-order valence-corrected chi connectivity index (χ3v) is 4.30. The van der Waals surface area contributed by atoms with Gasteiger partial charge in [0.1, 0.15) is 11.5 Å². The standard InChI is InChI=1S/C19H23N3O2/c1-12-9-10-22(21-12)17-7-5-16(6-8-17)19(23)20-14(3)18-11-13(2)24-15(18)4/h5-8,11,14H,9-10H2,1-4H3,(H,20,23)/t14-/m0/s1. The Morgan fingerprint density at radius 1 is 1.25 bits per heavy atom. The van der Waals surface area contributed by atoms with Gasteiger partial charge in [0.2, 0.25) is 0 Å². The smallest absolute Gasteiger partial charge is 0.251 e. The Morgan fingerprint density at radius 3 is 2.50 bits per heavy atom. The lowest BCUT2D eigenvalue weighted by atomic mass is 10.1. The molecule has 0 bridgehead atoms. The molecule has 5 nitrogen and oxygen atoms in total. The molecule has 0 saturated heterocycles. The largest absolute Gasteiger partial charge is 0.466 e. The van der Waals surface area contributed by atoms with E-state index >= 15 is 0 Å². The molecule has 1 aromatic heterocycles. The van der Waals surface area contributed by atoms with Gasteiger partial charge in [-0.15, -0.1) is 0 Å². The van der Waals surface area contributed by atoms with Crippen molar-refractivity contribution in [3.63, 3.8) is 0 Å². The van der Waals surface area contributed by atoms with Crippen LogP contribution in [0.2, 0.25) is 0 Å². The van der Waals surface area contributed by atoms with E-state index in [0.717, 1.165) is 41.4 Å². The number of hydrogen-bond acceptors (Lipinski definition) is 4. The van der Waals surface area contributed by atoms with E-state index in [0.29, 0.717) is 5.56 Å². The minimum absolute atomic E-state index is 0.0894. The molecule has 1 aliphatic rings. The summed E-state index contributed by atoms with van der Waals surface area (Å²) in [7, 11) is 0. The van der Waals surface area contributed by atoms with E-state index in [1.165, 1.54) is 0 Å². The number of carbonyl (C=O) groups excluding carboxylic acids is 1. The number of carbonyl (C=O) groups is 1. The Labute approximate surface area is 142 Å². The van der Waals surface area contributed by atoms with E-state index < -0.39 is 0 Å². The van der Waals surface area contributed by atoms with Gasteiger partial charge in [0.15, 0.2) is 0 Å². The van der Waals surface area contributed by atoms with Gasteiger partial charge in [-0.2, -0.15) is 5.10 Å². The van der Waals surface area contributed by atoms with Gasteiger partial charge in [0.25, 0.3) is 5.91 Å². The zero-order chi connectivity index (χ0) is 17.3. The molecule has 0 saturated carbocycles. The van der Waals surface area contributed by atoms with Crippen molar-refractivity contribution in [2.75, 3.05) is 11.6 Å². The maximum absolute atomic E-state index is 12.4. The van der Waals surface area contributed by atoms with Crippen LogP contribution >= 0.6 is 0 Å². The highest BCUT2D eigenvalue weighted by Crippen LogP contribution is 2.23. The molecule has 0 radical (unpaired) electrons. The van der Waals surface area contributed by atoms with Gasteiger partial charge < -0.3 is 9.73 Å². The third-order valence-electron chi connectivity index (χ3n) is 4.30. The predicted octanol–water partition coefficient (Wildman–Crippen LogP) is 3.97. The van der Waals surface area contributed by atoms with Crippen LogP contribution in [0.5, 0.6) is 0 Å². The van der Waals surface area contributed by atoms with E-state index in [2.05, 4.69) is 10.4 Å². The van der Waals surface area contributed by atoms with Crippen molar-refractivity contribution in [2.45, 2.75) is 40.2 Å². The second-order valence-corrected chi connectivity index (χ2v) is 6.32. The van der Waals surface area contributed by atoms with Crippen molar-refractivity contribution in [1.29, 1.82) is 0 Å². The van der Waals surface area contributed by atoms with Gasteiger partial charge in [0, 0.05) is 29.8 Å². The molecule has 1 aromatic carbocycles. The minimum Gasteiger partial charge on any atom is -0.466 e. The number of amides is 1. The number of nitrogens with zero attached hydrogens (tertiary/aromatic N) is 2. The molecule has 0 fully saturated rings. The summed E-state index contributed by atoms with van der Waals surface area (Å²) < 4.78 is 5.54. The van der Waals surface area contributed by atoms with Gasteiger partial charge in [-0.05, 0) is 58.0 Å². The minimum atomic E-state index is -0.0968. The Balaban J connectivity index is 1.68. The fourth-order valence-corrected chi connectivity index (χ4v) is 2.98. The van der Waals surface area contributed by atoms with Crippen LogP contribution in [0.25, 0.3) is 0 Å². The van der Waals surface area contributed by atoms with E-state index in [-0.39, 0.29) is 11.9 Å². The maximum atomic E-state index is 12.4. The summed E-state index contributed by atoms with van der Waals surface area (Å²) in [5, 5.41) is 9.46. The van der Waals surface area contributed by atoms with Gasteiger partial charge >= 0.3 is 0 Å². The highest BCUT2D eigenvalue weighted by atomic mass is 16.3. The number of rotatable bonds is 4. The van der Waals surface area contributed by atoms with Crippen LogP contribution in [-0.4, -0.2) is 18.2 Å². The molecule has 0 aliphatic carbocycles. The van der Waals surface area contributed by atoms with E-state index in [4.69, 9.17) is 4.42 Å². The van der Waals surface area contributed by atoms with E-state index in [1.54, 1.807) is 0 Å². The number of aryl methyl sites for hydroxylation is 2. The van der Waals surface area contributed by atoms with Crippen molar-refractivity contribution in [2.24, 2.45) is 5.10 Å². The first-order chi connectivity index (χ1) is 11.4. The zero-order valence-electron chi connectivity index (χ0n) is 14.6. The average Bonchev–Trinajstić information content (AvgIpc) is 3.12. The van der Waals surface area contributed by atoms with Gasteiger partial charge in [-0.3, -0.25) is 9.80 Å². The van der Waals surface area contributed by atoms with Crippen molar-refractivity contribution < 1.29 is 9.21 Å². The number of furan rings is 1. The SMILES string of the molecule is CC1=NN(c2ccc(C(=O)N[C@@H](C)c3cc(C)oc3C)cc2)CC1. The zero-order valence-corrected chi connectivity index (χ0v) is 14.6. The second kappa shape index (κ2) is 6.51. The highest BCUT2D eigenvalue weighted by molar-refractivity contribution is 5.95. The van der Waals surface area contributed by atoms with Crippen LogP contribution < -0.4 is 10.3 Å². The molecule has 2 heterocycles. The summed E-state index contributed by atoms with van der Waals surface area (Å²) >= 11 is 0.